The summed E-state index contributed by atoms with van der Waals surface area (Å²) in [5.74, 6) is -0.415. The van der Waals surface area contributed by atoms with Gasteiger partial charge >= 0.3 is 5.97 Å². The van der Waals surface area contributed by atoms with Crippen molar-refractivity contribution in [1.29, 1.82) is 0 Å². The van der Waals surface area contributed by atoms with Crippen molar-refractivity contribution in [2.24, 2.45) is 0 Å². The molecule has 2 N–H and O–H groups in total. The first-order valence-electron chi connectivity index (χ1n) is 4.81. The van der Waals surface area contributed by atoms with Gasteiger partial charge in [0.1, 0.15) is 0 Å². The largest absolute Gasteiger partial charge is 0.450 e. The van der Waals surface area contributed by atoms with Crippen molar-refractivity contribution in [3.8, 4) is 0 Å². The Labute approximate surface area is 83.2 Å². The van der Waals surface area contributed by atoms with Gasteiger partial charge < -0.3 is 14.9 Å². The van der Waals surface area contributed by atoms with Crippen molar-refractivity contribution >= 4 is 5.97 Å². The summed E-state index contributed by atoms with van der Waals surface area (Å²) < 4.78 is 4.95. The summed E-state index contributed by atoms with van der Waals surface area (Å²) in [4.78, 5) is 11.3. The number of carbonyl (C=O) groups excluding carboxylic acids is 1. The molecule has 0 saturated carbocycles. The lowest BCUT2D eigenvalue weighted by molar-refractivity contribution is -0.154. The van der Waals surface area contributed by atoms with Crippen LogP contribution in [0.3, 0.4) is 0 Å². The van der Waals surface area contributed by atoms with Crippen molar-refractivity contribution < 1.29 is 19.7 Å². The second-order valence-corrected chi connectivity index (χ2v) is 3.58. The lowest BCUT2D eigenvalue weighted by Gasteiger charge is -2.21. The molecule has 1 saturated heterocycles. The lowest BCUT2D eigenvalue weighted by atomic mass is 9.99. The van der Waals surface area contributed by atoms with E-state index in [9.17, 15) is 4.79 Å². The number of unbranched alkanes of at least 4 members (excludes halogenated alkanes) is 1. The molecular weight excluding hydrogens is 184 g/mol. The van der Waals surface area contributed by atoms with E-state index in [4.69, 9.17) is 14.9 Å². The van der Waals surface area contributed by atoms with Gasteiger partial charge in [-0.05, 0) is 6.42 Å². The Morgan fingerprint density at radius 3 is 2.57 bits per heavy atom. The zero-order valence-corrected chi connectivity index (χ0v) is 8.32. The maximum absolute atomic E-state index is 11.3. The van der Waals surface area contributed by atoms with Gasteiger partial charge in [-0.1, -0.05) is 19.4 Å². The summed E-state index contributed by atoms with van der Waals surface area (Å²) >= 11 is 0. The van der Waals surface area contributed by atoms with Gasteiger partial charge in [-0.2, -0.15) is 0 Å². The number of cyclic esters (lactones) is 1. The van der Waals surface area contributed by atoms with E-state index < -0.39 is 11.6 Å². The quantitative estimate of drug-likeness (QED) is 0.508. The molecule has 0 bridgehead atoms. The Hall–Kier alpha value is -0.870. The third-order valence-electron chi connectivity index (χ3n) is 2.34. The molecule has 0 amide bonds. The van der Waals surface area contributed by atoms with Gasteiger partial charge in [-0.15, -0.1) is 0 Å². The summed E-state index contributed by atoms with van der Waals surface area (Å²) in [7, 11) is 0. The van der Waals surface area contributed by atoms with Crippen LogP contribution in [0.15, 0.2) is 11.6 Å². The Balaban J connectivity index is 2.72. The molecule has 14 heavy (non-hydrogen) atoms. The van der Waals surface area contributed by atoms with E-state index in [1.807, 2.05) is 13.0 Å². The van der Waals surface area contributed by atoms with Crippen molar-refractivity contribution in [2.75, 3.05) is 13.2 Å². The predicted octanol–water partition coefficient (Wildman–Crippen LogP) is 0.383. The number of allylic oxidation sites excluding steroid dienone is 1. The van der Waals surface area contributed by atoms with Crippen LogP contribution < -0.4 is 0 Å². The van der Waals surface area contributed by atoms with E-state index in [0.29, 0.717) is 12.0 Å². The third-order valence-corrected chi connectivity index (χ3v) is 2.34. The highest BCUT2D eigenvalue weighted by atomic mass is 16.6. The molecule has 1 rings (SSSR count). The zero-order chi connectivity index (χ0) is 10.6. The molecule has 0 atom stereocenters. The van der Waals surface area contributed by atoms with Crippen molar-refractivity contribution in [3.63, 3.8) is 0 Å². The molecule has 1 heterocycles. The van der Waals surface area contributed by atoms with Gasteiger partial charge in [-0.25, -0.2) is 4.79 Å². The van der Waals surface area contributed by atoms with Gasteiger partial charge in [0.2, 0.25) is 0 Å². The monoisotopic (exact) mass is 200 g/mol. The van der Waals surface area contributed by atoms with Crippen LogP contribution in [0, 0.1) is 0 Å². The minimum absolute atomic E-state index is 0.304. The molecule has 0 aromatic heterocycles. The molecule has 1 aliphatic heterocycles. The molecular formula is C10H16O4. The number of hydrogen-bond donors (Lipinski definition) is 2. The van der Waals surface area contributed by atoms with Gasteiger partial charge in [0.15, 0.2) is 5.60 Å². The fourth-order valence-electron chi connectivity index (χ4n) is 1.42. The minimum atomic E-state index is -1.09. The number of rotatable bonds is 4. The molecule has 1 fully saturated rings. The number of aliphatic hydroxyl groups excluding tert-OH is 2. The highest BCUT2D eigenvalue weighted by Crippen LogP contribution is 2.30. The molecule has 0 radical (unpaired) electrons. The SMILES string of the molecule is CCC/C=C1\CC(CO)(CO)OC1=O. The second kappa shape index (κ2) is 4.57. The topological polar surface area (TPSA) is 66.8 Å². The molecule has 80 valence electrons. The van der Waals surface area contributed by atoms with Crippen LogP contribution in [0.4, 0.5) is 0 Å². The Kier molecular flexibility index (Phi) is 3.66. The van der Waals surface area contributed by atoms with Crippen molar-refractivity contribution in [2.45, 2.75) is 31.8 Å². The zero-order valence-electron chi connectivity index (χ0n) is 8.32. The Morgan fingerprint density at radius 1 is 1.50 bits per heavy atom. The van der Waals surface area contributed by atoms with Gasteiger partial charge in [0.05, 0.1) is 13.2 Å². The average molecular weight is 200 g/mol. The summed E-state index contributed by atoms with van der Waals surface area (Å²) in [6.07, 6.45) is 3.90. The molecule has 0 spiro atoms. The van der Waals surface area contributed by atoms with Crippen LogP contribution in [-0.4, -0.2) is 35.0 Å². The summed E-state index contributed by atoms with van der Waals surface area (Å²) in [6, 6.07) is 0. The highest BCUT2D eigenvalue weighted by molar-refractivity contribution is 5.91. The molecule has 0 aromatic rings. The van der Waals surface area contributed by atoms with E-state index in [0.717, 1.165) is 12.8 Å². The van der Waals surface area contributed by atoms with Crippen LogP contribution in [0.2, 0.25) is 0 Å². The van der Waals surface area contributed by atoms with Crippen LogP contribution in [0.1, 0.15) is 26.2 Å². The van der Waals surface area contributed by atoms with Gasteiger partial charge in [-0.3, -0.25) is 0 Å². The van der Waals surface area contributed by atoms with Gasteiger partial charge in [0.25, 0.3) is 0 Å². The first kappa shape index (κ1) is 11.2. The van der Waals surface area contributed by atoms with Crippen LogP contribution in [0.25, 0.3) is 0 Å². The highest BCUT2D eigenvalue weighted by Gasteiger charge is 2.42. The first-order valence-corrected chi connectivity index (χ1v) is 4.81. The van der Waals surface area contributed by atoms with Crippen LogP contribution in [-0.2, 0) is 9.53 Å². The van der Waals surface area contributed by atoms with E-state index in [2.05, 4.69) is 0 Å². The average Bonchev–Trinajstić information content (AvgIpc) is 2.53. The minimum Gasteiger partial charge on any atom is -0.450 e. The third kappa shape index (κ3) is 2.13. The molecule has 0 aromatic carbocycles. The molecule has 1 aliphatic rings. The molecule has 4 nitrogen and oxygen atoms in total. The van der Waals surface area contributed by atoms with Crippen LogP contribution >= 0.6 is 0 Å². The number of aliphatic hydroxyl groups is 2. The Morgan fingerprint density at radius 2 is 2.14 bits per heavy atom. The second-order valence-electron chi connectivity index (χ2n) is 3.58. The van der Waals surface area contributed by atoms with E-state index in [1.165, 1.54) is 0 Å². The maximum atomic E-state index is 11.3. The van der Waals surface area contributed by atoms with Crippen molar-refractivity contribution in [1.82, 2.24) is 0 Å². The number of carbonyl (C=O) groups is 1. The van der Waals surface area contributed by atoms with E-state index in [-0.39, 0.29) is 13.2 Å². The summed E-state index contributed by atoms with van der Waals surface area (Å²) in [5, 5.41) is 18.0. The normalized spacial score (nSPS) is 22.8. The molecule has 4 heteroatoms. The fraction of sp³-hybridized carbons (Fsp3) is 0.700. The molecule has 0 unspecified atom stereocenters. The van der Waals surface area contributed by atoms with Gasteiger partial charge in [0, 0.05) is 12.0 Å². The maximum Gasteiger partial charge on any atom is 0.334 e. The summed E-state index contributed by atoms with van der Waals surface area (Å²) in [6.45, 7) is 1.35. The lowest BCUT2D eigenvalue weighted by Crippen LogP contribution is -2.37. The number of esters is 1. The van der Waals surface area contributed by atoms with E-state index >= 15 is 0 Å². The Bertz CT molecular complexity index is 241. The summed E-state index contributed by atoms with van der Waals surface area (Å²) in [5.41, 5.74) is -0.522. The van der Waals surface area contributed by atoms with E-state index in [1.54, 1.807) is 0 Å². The first-order chi connectivity index (χ1) is 6.67. The smallest absolute Gasteiger partial charge is 0.334 e. The predicted molar refractivity (Wildman–Crippen MR) is 50.6 cm³/mol. The molecule has 0 aliphatic carbocycles. The van der Waals surface area contributed by atoms with Crippen LogP contribution in [0.5, 0.6) is 0 Å². The number of hydrogen-bond acceptors (Lipinski definition) is 4. The van der Waals surface area contributed by atoms with Crippen molar-refractivity contribution in [3.05, 3.63) is 11.6 Å². The standard InChI is InChI=1S/C10H16O4/c1-2-3-4-8-5-10(6-11,7-12)14-9(8)13/h4,11-12H,2-3,5-7H2,1H3/b8-4+. The number of ether oxygens (including phenoxy) is 1. The fourth-order valence-corrected chi connectivity index (χ4v) is 1.42.